The van der Waals surface area contributed by atoms with Crippen molar-refractivity contribution < 1.29 is 14.3 Å². The van der Waals surface area contributed by atoms with Crippen molar-refractivity contribution in [2.75, 3.05) is 17.3 Å². The number of imide groups is 1. The minimum absolute atomic E-state index is 0.186. The number of amides is 2. The van der Waals surface area contributed by atoms with Crippen LogP contribution in [-0.4, -0.2) is 18.9 Å². The van der Waals surface area contributed by atoms with E-state index in [1.165, 1.54) is 4.90 Å². The van der Waals surface area contributed by atoms with E-state index in [0.29, 0.717) is 27.7 Å². The molecule has 2 amide bonds. The number of rotatable bonds is 5. The average molecular weight is 405 g/mol. The number of hydrogen-bond acceptors (Lipinski definition) is 4. The molecule has 0 aromatic heterocycles. The second-order valence-corrected chi connectivity index (χ2v) is 6.80. The lowest BCUT2D eigenvalue weighted by atomic mass is 10.0. The van der Waals surface area contributed by atoms with Crippen LogP contribution < -0.4 is 15.0 Å². The van der Waals surface area contributed by atoms with E-state index in [0.717, 1.165) is 0 Å². The summed E-state index contributed by atoms with van der Waals surface area (Å²) < 4.78 is 5.37. The van der Waals surface area contributed by atoms with Crippen LogP contribution in [0.2, 0.25) is 5.02 Å². The molecule has 1 N–H and O–H groups in total. The minimum atomic E-state index is -0.433. The van der Waals surface area contributed by atoms with Crippen LogP contribution in [0.1, 0.15) is 5.56 Å². The highest BCUT2D eigenvalue weighted by Crippen LogP contribution is 2.35. The number of hydrogen-bond donors (Lipinski definition) is 1. The Morgan fingerprint density at radius 2 is 1.48 bits per heavy atom. The van der Waals surface area contributed by atoms with Gasteiger partial charge in [-0.05, 0) is 42.0 Å². The summed E-state index contributed by atoms with van der Waals surface area (Å²) in [6, 6.07) is 22.9. The van der Waals surface area contributed by atoms with Crippen LogP contribution in [0.25, 0.3) is 5.57 Å². The lowest BCUT2D eigenvalue weighted by Crippen LogP contribution is -2.32. The fourth-order valence-electron chi connectivity index (χ4n) is 3.22. The Labute approximate surface area is 173 Å². The number of carbonyl (C=O) groups excluding carboxylic acids is 2. The van der Waals surface area contributed by atoms with Gasteiger partial charge in [0.25, 0.3) is 11.8 Å². The highest BCUT2D eigenvalue weighted by atomic mass is 35.5. The maximum Gasteiger partial charge on any atom is 0.282 e. The number of nitrogens with zero attached hydrogens (tertiary/aromatic N) is 1. The Morgan fingerprint density at radius 3 is 2.17 bits per heavy atom. The number of ether oxygens (including phenoxy) is 1. The third-order valence-corrected chi connectivity index (χ3v) is 4.85. The first kappa shape index (κ1) is 18.8. The highest BCUT2D eigenvalue weighted by Gasteiger charge is 2.40. The van der Waals surface area contributed by atoms with Crippen LogP contribution in [0.3, 0.4) is 0 Å². The van der Waals surface area contributed by atoms with E-state index >= 15 is 0 Å². The molecule has 4 rings (SSSR count). The summed E-state index contributed by atoms with van der Waals surface area (Å²) in [4.78, 5) is 27.8. The smallest absolute Gasteiger partial charge is 0.282 e. The Balaban J connectivity index is 1.84. The van der Waals surface area contributed by atoms with Crippen molar-refractivity contribution in [3.63, 3.8) is 0 Å². The van der Waals surface area contributed by atoms with Crippen molar-refractivity contribution in [3.05, 3.63) is 95.1 Å². The van der Waals surface area contributed by atoms with Gasteiger partial charge in [0, 0.05) is 5.02 Å². The van der Waals surface area contributed by atoms with Crippen molar-refractivity contribution in [1.82, 2.24) is 0 Å². The molecule has 0 saturated heterocycles. The first-order valence-electron chi connectivity index (χ1n) is 8.94. The van der Waals surface area contributed by atoms with Gasteiger partial charge >= 0.3 is 0 Å². The lowest BCUT2D eigenvalue weighted by molar-refractivity contribution is -0.120. The number of benzene rings is 3. The molecule has 1 heterocycles. The molecule has 0 aliphatic carbocycles. The second kappa shape index (κ2) is 7.81. The summed E-state index contributed by atoms with van der Waals surface area (Å²) >= 11 is 6.00. The van der Waals surface area contributed by atoms with Crippen molar-refractivity contribution in [3.8, 4) is 5.75 Å². The zero-order valence-electron chi connectivity index (χ0n) is 15.6. The molecule has 1 aliphatic heterocycles. The maximum absolute atomic E-state index is 13.3. The van der Waals surface area contributed by atoms with Crippen LogP contribution in [0.4, 0.5) is 11.4 Å². The van der Waals surface area contributed by atoms with E-state index in [2.05, 4.69) is 5.32 Å². The fourth-order valence-corrected chi connectivity index (χ4v) is 3.35. The van der Waals surface area contributed by atoms with Crippen molar-refractivity contribution >= 4 is 40.4 Å². The SMILES string of the molecule is COc1ccccc1NC1=C(c2ccc(Cl)cc2)C(=O)N(c2ccccc2)C1=O. The molecule has 0 saturated carbocycles. The normalized spacial score (nSPS) is 13.8. The fraction of sp³-hybridized carbons (Fsp3) is 0.0435. The van der Waals surface area contributed by atoms with Crippen molar-refractivity contribution in [2.45, 2.75) is 0 Å². The third kappa shape index (κ3) is 3.48. The van der Waals surface area contributed by atoms with E-state index in [1.807, 2.05) is 18.2 Å². The Kier molecular flexibility index (Phi) is 5.06. The van der Waals surface area contributed by atoms with Crippen LogP contribution >= 0.6 is 11.6 Å². The summed E-state index contributed by atoms with van der Waals surface area (Å²) in [6.07, 6.45) is 0. The lowest BCUT2D eigenvalue weighted by Gasteiger charge is -2.15. The second-order valence-electron chi connectivity index (χ2n) is 6.36. The Morgan fingerprint density at radius 1 is 0.828 bits per heavy atom. The molecule has 0 atom stereocenters. The summed E-state index contributed by atoms with van der Waals surface area (Å²) in [6.45, 7) is 0. The van der Waals surface area contributed by atoms with Gasteiger partial charge in [-0.2, -0.15) is 0 Å². The first-order chi connectivity index (χ1) is 14.1. The predicted molar refractivity (Wildman–Crippen MR) is 114 cm³/mol. The molecule has 0 spiro atoms. The number of halogens is 1. The van der Waals surface area contributed by atoms with Gasteiger partial charge in [-0.25, -0.2) is 4.90 Å². The predicted octanol–water partition coefficient (Wildman–Crippen LogP) is 4.75. The van der Waals surface area contributed by atoms with Gasteiger partial charge in [-0.3, -0.25) is 9.59 Å². The van der Waals surface area contributed by atoms with E-state index < -0.39 is 11.8 Å². The van der Waals surface area contributed by atoms with Crippen LogP contribution in [0, 0.1) is 0 Å². The van der Waals surface area contributed by atoms with Gasteiger partial charge in [0.1, 0.15) is 11.4 Å². The van der Waals surface area contributed by atoms with Gasteiger partial charge in [-0.1, -0.05) is 54.1 Å². The molecule has 29 heavy (non-hydrogen) atoms. The van der Waals surface area contributed by atoms with Gasteiger partial charge in [0.05, 0.1) is 24.1 Å². The summed E-state index contributed by atoms with van der Waals surface area (Å²) in [5, 5.41) is 3.66. The molecule has 5 nitrogen and oxygen atoms in total. The average Bonchev–Trinajstić information content (AvgIpc) is 2.99. The van der Waals surface area contributed by atoms with Gasteiger partial charge < -0.3 is 10.1 Å². The number of anilines is 2. The molecule has 3 aromatic rings. The minimum Gasteiger partial charge on any atom is -0.495 e. The molecule has 0 bridgehead atoms. The molecule has 0 radical (unpaired) electrons. The van der Waals surface area contributed by atoms with Crippen LogP contribution in [-0.2, 0) is 9.59 Å². The molecule has 6 heteroatoms. The van der Waals surface area contributed by atoms with Crippen molar-refractivity contribution in [1.29, 1.82) is 0 Å². The molecular weight excluding hydrogens is 388 g/mol. The van der Waals surface area contributed by atoms with E-state index in [-0.39, 0.29) is 11.3 Å². The van der Waals surface area contributed by atoms with Gasteiger partial charge in [-0.15, -0.1) is 0 Å². The number of para-hydroxylation sites is 3. The summed E-state index contributed by atoms with van der Waals surface area (Å²) in [5.41, 5.74) is 2.16. The number of nitrogens with one attached hydrogen (secondary N) is 1. The first-order valence-corrected chi connectivity index (χ1v) is 9.32. The number of methoxy groups -OCH3 is 1. The summed E-state index contributed by atoms with van der Waals surface area (Å²) in [7, 11) is 1.55. The standard InChI is InChI=1S/C23H17ClN2O3/c1-29-19-10-6-5-9-18(19)25-21-20(15-11-13-16(24)14-12-15)22(27)26(23(21)28)17-7-3-2-4-8-17/h2-14,25H,1H3. The Hall–Kier alpha value is -3.57. The summed E-state index contributed by atoms with van der Waals surface area (Å²) in [5.74, 6) is -0.271. The van der Waals surface area contributed by atoms with Gasteiger partial charge in [0.2, 0.25) is 0 Å². The quantitative estimate of drug-likeness (QED) is 0.624. The third-order valence-electron chi connectivity index (χ3n) is 4.60. The zero-order chi connectivity index (χ0) is 20.4. The molecule has 144 valence electrons. The maximum atomic E-state index is 13.3. The van der Waals surface area contributed by atoms with Crippen LogP contribution in [0.15, 0.2) is 84.6 Å². The van der Waals surface area contributed by atoms with Gasteiger partial charge in [0.15, 0.2) is 0 Å². The molecular formula is C23H17ClN2O3. The van der Waals surface area contributed by atoms with E-state index in [1.54, 1.807) is 67.8 Å². The van der Waals surface area contributed by atoms with E-state index in [9.17, 15) is 9.59 Å². The largest absolute Gasteiger partial charge is 0.495 e. The molecule has 3 aromatic carbocycles. The molecule has 1 aliphatic rings. The van der Waals surface area contributed by atoms with Crippen molar-refractivity contribution in [2.24, 2.45) is 0 Å². The van der Waals surface area contributed by atoms with Crippen LogP contribution in [0.5, 0.6) is 5.75 Å². The van der Waals surface area contributed by atoms with E-state index in [4.69, 9.17) is 16.3 Å². The monoisotopic (exact) mass is 404 g/mol. The highest BCUT2D eigenvalue weighted by molar-refractivity contribution is 6.46. The molecule has 0 unspecified atom stereocenters. The zero-order valence-corrected chi connectivity index (χ0v) is 16.3. The topological polar surface area (TPSA) is 58.6 Å². The molecule has 0 fully saturated rings. The number of carbonyl (C=O) groups is 2. The Bertz CT molecular complexity index is 1110.